The number of hydrazone groups is 1. The number of aryl methyl sites for hydroxylation is 1. The number of methoxy groups -OCH3 is 1. The maximum absolute atomic E-state index is 5.21. The third-order valence-corrected chi connectivity index (χ3v) is 3.24. The SMILES string of the molecule is COc1ccc2c(N/N=C/c3cccc(C)n3)ccnc2c1. The van der Waals surface area contributed by atoms with Crippen LogP contribution in [-0.2, 0) is 0 Å². The van der Waals surface area contributed by atoms with Gasteiger partial charge in [0.15, 0.2) is 0 Å². The quantitative estimate of drug-likeness (QED) is 0.591. The van der Waals surface area contributed by atoms with E-state index in [1.54, 1.807) is 19.5 Å². The predicted molar refractivity (Wildman–Crippen MR) is 88.5 cm³/mol. The first kappa shape index (κ1) is 14.0. The van der Waals surface area contributed by atoms with Crippen molar-refractivity contribution >= 4 is 22.8 Å². The zero-order chi connectivity index (χ0) is 15.4. The van der Waals surface area contributed by atoms with E-state index in [1.165, 1.54) is 0 Å². The second-order valence-corrected chi connectivity index (χ2v) is 4.82. The minimum absolute atomic E-state index is 0.782. The number of nitrogens with one attached hydrogen (secondary N) is 1. The molecule has 0 spiro atoms. The molecule has 0 unspecified atom stereocenters. The van der Waals surface area contributed by atoms with Crippen LogP contribution in [0.4, 0.5) is 5.69 Å². The van der Waals surface area contributed by atoms with E-state index in [2.05, 4.69) is 20.5 Å². The third kappa shape index (κ3) is 3.03. The highest BCUT2D eigenvalue weighted by Crippen LogP contribution is 2.25. The van der Waals surface area contributed by atoms with Crippen LogP contribution < -0.4 is 10.2 Å². The molecule has 3 rings (SSSR count). The molecule has 0 aliphatic heterocycles. The molecule has 5 heteroatoms. The summed E-state index contributed by atoms with van der Waals surface area (Å²) in [5, 5.41) is 5.23. The predicted octanol–water partition coefficient (Wildman–Crippen LogP) is 3.39. The van der Waals surface area contributed by atoms with Crippen LogP contribution in [0.5, 0.6) is 5.75 Å². The molecule has 0 radical (unpaired) electrons. The molecule has 3 aromatic rings. The van der Waals surface area contributed by atoms with Gasteiger partial charge in [-0.05, 0) is 37.3 Å². The molecule has 110 valence electrons. The van der Waals surface area contributed by atoms with Gasteiger partial charge in [-0.1, -0.05) is 6.07 Å². The molecule has 1 N–H and O–H groups in total. The summed E-state index contributed by atoms with van der Waals surface area (Å²) >= 11 is 0. The molecule has 0 amide bonds. The lowest BCUT2D eigenvalue weighted by atomic mass is 10.2. The first-order valence-electron chi connectivity index (χ1n) is 6.92. The Hall–Kier alpha value is -2.95. The number of pyridine rings is 2. The highest BCUT2D eigenvalue weighted by molar-refractivity contribution is 5.92. The maximum atomic E-state index is 5.21. The van der Waals surface area contributed by atoms with Crippen LogP contribution in [0.15, 0.2) is 53.8 Å². The molecule has 2 heterocycles. The van der Waals surface area contributed by atoms with Crippen LogP contribution in [0.2, 0.25) is 0 Å². The summed E-state index contributed by atoms with van der Waals surface area (Å²) in [7, 11) is 1.64. The van der Waals surface area contributed by atoms with E-state index >= 15 is 0 Å². The van der Waals surface area contributed by atoms with Gasteiger partial charge in [-0.15, -0.1) is 0 Å². The highest BCUT2D eigenvalue weighted by Gasteiger charge is 2.02. The minimum Gasteiger partial charge on any atom is -0.497 e. The van der Waals surface area contributed by atoms with Gasteiger partial charge in [0, 0.05) is 23.3 Å². The van der Waals surface area contributed by atoms with Gasteiger partial charge in [-0.3, -0.25) is 15.4 Å². The molecule has 0 bridgehead atoms. The lowest BCUT2D eigenvalue weighted by molar-refractivity contribution is 0.415. The van der Waals surface area contributed by atoms with Gasteiger partial charge in [0.1, 0.15) is 5.75 Å². The fourth-order valence-corrected chi connectivity index (χ4v) is 2.16. The fraction of sp³-hybridized carbons (Fsp3) is 0.118. The van der Waals surface area contributed by atoms with Gasteiger partial charge in [0.25, 0.3) is 0 Å². The number of hydrogen-bond acceptors (Lipinski definition) is 5. The Labute approximate surface area is 128 Å². The number of benzene rings is 1. The smallest absolute Gasteiger partial charge is 0.121 e. The van der Waals surface area contributed by atoms with Crippen molar-refractivity contribution in [2.24, 2.45) is 5.10 Å². The Bertz CT molecular complexity index is 830. The number of rotatable bonds is 4. The zero-order valence-corrected chi connectivity index (χ0v) is 12.4. The van der Waals surface area contributed by atoms with Crippen LogP contribution in [0.25, 0.3) is 10.9 Å². The largest absolute Gasteiger partial charge is 0.497 e. The molecule has 0 saturated carbocycles. The molecule has 5 nitrogen and oxygen atoms in total. The van der Waals surface area contributed by atoms with Crippen molar-refractivity contribution in [3.05, 3.63) is 60.0 Å². The van der Waals surface area contributed by atoms with Gasteiger partial charge in [-0.2, -0.15) is 5.10 Å². The van der Waals surface area contributed by atoms with Crippen molar-refractivity contribution in [2.45, 2.75) is 6.92 Å². The second kappa shape index (κ2) is 6.22. The van der Waals surface area contributed by atoms with Crippen molar-refractivity contribution in [3.63, 3.8) is 0 Å². The summed E-state index contributed by atoms with van der Waals surface area (Å²) in [5.41, 5.74) is 6.56. The van der Waals surface area contributed by atoms with E-state index in [-0.39, 0.29) is 0 Å². The lowest BCUT2D eigenvalue weighted by Gasteiger charge is -2.06. The zero-order valence-electron chi connectivity index (χ0n) is 12.4. The van der Waals surface area contributed by atoms with E-state index < -0.39 is 0 Å². The average Bonchev–Trinajstić information content (AvgIpc) is 2.54. The summed E-state index contributed by atoms with van der Waals surface area (Å²) in [5.74, 6) is 0.782. The van der Waals surface area contributed by atoms with Crippen molar-refractivity contribution in [3.8, 4) is 5.75 Å². The molecule has 0 saturated heterocycles. The molecule has 0 atom stereocenters. The topological polar surface area (TPSA) is 59.4 Å². The minimum atomic E-state index is 0.782. The molecule has 1 aromatic carbocycles. The molecule has 0 aliphatic carbocycles. The van der Waals surface area contributed by atoms with Crippen molar-refractivity contribution < 1.29 is 4.74 Å². The van der Waals surface area contributed by atoms with Crippen LogP contribution in [0.3, 0.4) is 0 Å². The Morgan fingerprint density at radius 3 is 2.91 bits per heavy atom. The first-order valence-corrected chi connectivity index (χ1v) is 6.92. The number of hydrogen-bond donors (Lipinski definition) is 1. The first-order chi connectivity index (χ1) is 10.8. The summed E-state index contributed by atoms with van der Waals surface area (Å²) in [6.07, 6.45) is 3.44. The number of fused-ring (bicyclic) bond motifs is 1. The fourth-order valence-electron chi connectivity index (χ4n) is 2.16. The van der Waals surface area contributed by atoms with E-state index in [1.807, 2.05) is 49.4 Å². The standard InChI is InChI=1S/C17H16N4O/c1-12-4-3-5-13(20-12)11-19-21-16-8-9-18-17-10-14(22-2)6-7-15(16)17/h3-11H,1-2H3,(H,18,21)/b19-11+. The normalized spacial score (nSPS) is 11.0. The van der Waals surface area contributed by atoms with Gasteiger partial charge >= 0.3 is 0 Å². The van der Waals surface area contributed by atoms with Gasteiger partial charge < -0.3 is 4.74 Å². The molecule has 2 aromatic heterocycles. The maximum Gasteiger partial charge on any atom is 0.121 e. The summed E-state index contributed by atoms with van der Waals surface area (Å²) in [4.78, 5) is 8.72. The van der Waals surface area contributed by atoms with E-state index in [0.29, 0.717) is 0 Å². The number of nitrogens with zero attached hydrogens (tertiary/aromatic N) is 3. The van der Waals surface area contributed by atoms with E-state index in [0.717, 1.165) is 33.7 Å². The second-order valence-electron chi connectivity index (χ2n) is 4.82. The molecular formula is C17H16N4O. The summed E-state index contributed by atoms with van der Waals surface area (Å²) < 4.78 is 5.21. The summed E-state index contributed by atoms with van der Waals surface area (Å²) in [6, 6.07) is 13.5. The van der Waals surface area contributed by atoms with Gasteiger partial charge in [0.2, 0.25) is 0 Å². The Morgan fingerprint density at radius 1 is 1.18 bits per heavy atom. The summed E-state index contributed by atoms with van der Waals surface area (Å²) in [6.45, 7) is 1.95. The third-order valence-electron chi connectivity index (χ3n) is 3.24. The van der Waals surface area contributed by atoms with Crippen LogP contribution in [-0.4, -0.2) is 23.3 Å². The van der Waals surface area contributed by atoms with Crippen LogP contribution >= 0.6 is 0 Å². The Balaban J connectivity index is 1.85. The average molecular weight is 292 g/mol. The number of aromatic nitrogens is 2. The lowest BCUT2D eigenvalue weighted by Crippen LogP contribution is -1.95. The van der Waals surface area contributed by atoms with E-state index in [4.69, 9.17) is 4.74 Å². The number of anilines is 1. The molecular weight excluding hydrogens is 276 g/mol. The molecule has 0 fully saturated rings. The van der Waals surface area contributed by atoms with Crippen molar-refractivity contribution in [1.29, 1.82) is 0 Å². The van der Waals surface area contributed by atoms with Crippen molar-refractivity contribution in [2.75, 3.05) is 12.5 Å². The van der Waals surface area contributed by atoms with Crippen molar-refractivity contribution in [1.82, 2.24) is 9.97 Å². The van der Waals surface area contributed by atoms with Gasteiger partial charge in [0.05, 0.1) is 30.2 Å². The monoisotopic (exact) mass is 292 g/mol. The van der Waals surface area contributed by atoms with Gasteiger partial charge in [-0.25, -0.2) is 0 Å². The molecule has 0 aliphatic rings. The Kier molecular flexibility index (Phi) is 3.96. The number of ether oxygens (including phenoxy) is 1. The Morgan fingerprint density at radius 2 is 2.09 bits per heavy atom. The van der Waals surface area contributed by atoms with Crippen LogP contribution in [0, 0.1) is 6.92 Å². The molecule has 22 heavy (non-hydrogen) atoms. The van der Waals surface area contributed by atoms with E-state index in [9.17, 15) is 0 Å². The van der Waals surface area contributed by atoms with Crippen LogP contribution in [0.1, 0.15) is 11.4 Å². The highest BCUT2D eigenvalue weighted by atomic mass is 16.5.